The van der Waals surface area contributed by atoms with Gasteiger partial charge < -0.3 is 26.0 Å². The number of nitrogens with one attached hydrogen (secondary N) is 2. The lowest BCUT2D eigenvalue weighted by molar-refractivity contribution is -0.281. The van der Waals surface area contributed by atoms with Crippen molar-refractivity contribution >= 4 is 29.4 Å². The fourth-order valence-corrected chi connectivity index (χ4v) is 11.3. The molecule has 2 amide bonds. The van der Waals surface area contributed by atoms with Crippen molar-refractivity contribution in [2.24, 2.45) is 46.3 Å². The molecule has 11 nitrogen and oxygen atoms in total. The van der Waals surface area contributed by atoms with Crippen molar-refractivity contribution in [3.63, 3.8) is 0 Å². The van der Waals surface area contributed by atoms with E-state index < -0.39 is 23.9 Å². The van der Waals surface area contributed by atoms with Gasteiger partial charge in [0.25, 0.3) is 0 Å². The molecular weight excluding hydrogens is 688 g/mol. The maximum Gasteiger partial charge on any atom is 0.364 e. The van der Waals surface area contributed by atoms with Crippen LogP contribution in [0.5, 0.6) is 0 Å². The molecule has 0 saturated heterocycles. The molecule has 4 aliphatic rings. The maximum absolute atomic E-state index is 13.4. The van der Waals surface area contributed by atoms with E-state index in [0.29, 0.717) is 35.8 Å². The minimum Gasteiger partial charge on any atom is -0.478 e. The van der Waals surface area contributed by atoms with E-state index in [4.69, 9.17) is 9.78 Å². The van der Waals surface area contributed by atoms with Gasteiger partial charge in [0.15, 0.2) is 0 Å². The Balaban J connectivity index is 1.05. The summed E-state index contributed by atoms with van der Waals surface area (Å²) >= 11 is 0. The van der Waals surface area contributed by atoms with Gasteiger partial charge in [-0.1, -0.05) is 57.2 Å². The van der Waals surface area contributed by atoms with E-state index in [0.717, 1.165) is 56.9 Å². The molecule has 0 heterocycles. The lowest BCUT2D eigenvalue weighted by Gasteiger charge is -2.62. The molecule has 11 unspecified atom stereocenters. The van der Waals surface area contributed by atoms with Crippen molar-refractivity contribution in [3.05, 3.63) is 65.7 Å². The van der Waals surface area contributed by atoms with Crippen LogP contribution in [0.1, 0.15) is 114 Å². The molecule has 0 radical (unpaired) electrons. The summed E-state index contributed by atoms with van der Waals surface area (Å²) in [6, 6.07) is 13.9. The summed E-state index contributed by atoms with van der Waals surface area (Å²) in [6.07, 6.45) is 7.88. The van der Waals surface area contributed by atoms with Crippen molar-refractivity contribution < 1.29 is 44.3 Å². The Bertz CT molecular complexity index is 1650. The Morgan fingerprint density at radius 1 is 0.852 bits per heavy atom. The van der Waals surface area contributed by atoms with Gasteiger partial charge in [-0.3, -0.25) is 14.5 Å². The molecule has 2 aromatic rings. The highest BCUT2D eigenvalue weighted by molar-refractivity contribution is 5.94. The molecule has 11 atom stereocenters. The van der Waals surface area contributed by atoms with E-state index in [9.17, 15) is 34.5 Å². The second-order valence-corrected chi connectivity index (χ2v) is 17.2. The summed E-state index contributed by atoms with van der Waals surface area (Å²) in [5, 5.41) is 36.8. The average molecular weight is 747 g/mol. The molecule has 5 N–H and O–H groups in total. The van der Waals surface area contributed by atoms with Crippen LogP contribution in [0.4, 0.5) is 5.69 Å². The molecule has 4 saturated carbocycles. The summed E-state index contributed by atoms with van der Waals surface area (Å²) in [6.45, 7) is 7.09. The third-order valence-corrected chi connectivity index (χ3v) is 14.1. The van der Waals surface area contributed by atoms with Crippen LogP contribution >= 0.6 is 0 Å². The lowest BCUT2D eigenvalue weighted by atomic mass is 9.43. The Morgan fingerprint density at radius 2 is 1.57 bits per heavy atom. The van der Waals surface area contributed by atoms with Crippen LogP contribution in [-0.4, -0.2) is 57.3 Å². The van der Waals surface area contributed by atoms with Gasteiger partial charge in [-0.05, 0) is 134 Å². The number of benzene rings is 2. The number of fused-ring (bicyclic) bond motifs is 5. The van der Waals surface area contributed by atoms with Crippen LogP contribution in [0.25, 0.3) is 0 Å². The number of carbonyl (C=O) groups excluding carboxylic acids is 3. The minimum atomic E-state index is -1.14. The number of carboxylic acid groups (broad SMARTS) is 1. The van der Waals surface area contributed by atoms with Gasteiger partial charge in [0.05, 0.1) is 17.8 Å². The van der Waals surface area contributed by atoms with Crippen LogP contribution in [-0.2, 0) is 30.8 Å². The zero-order chi connectivity index (χ0) is 38.6. The predicted molar refractivity (Wildman–Crippen MR) is 202 cm³/mol. The summed E-state index contributed by atoms with van der Waals surface area (Å²) in [7, 11) is 0. The SMILES string of the molecule is CC(CCC(=O)NC(CCC(=O)Nc1cccc(C(=O)O)c1)C(=O)OOCc1ccccc1)C1CCC2C3C(O)CC4CC(O)CCC4(C)C3CCC12C. The number of amides is 2. The van der Waals surface area contributed by atoms with Gasteiger partial charge in [0, 0.05) is 18.5 Å². The van der Waals surface area contributed by atoms with Crippen LogP contribution in [0.2, 0.25) is 0 Å². The first-order chi connectivity index (χ1) is 25.8. The molecular formula is C43H58N2O9. The van der Waals surface area contributed by atoms with E-state index in [2.05, 4.69) is 31.4 Å². The minimum absolute atomic E-state index is 0.0217. The van der Waals surface area contributed by atoms with Crippen molar-refractivity contribution in [3.8, 4) is 0 Å². The van der Waals surface area contributed by atoms with Gasteiger partial charge >= 0.3 is 11.9 Å². The third kappa shape index (κ3) is 8.68. The first-order valence-electron chi connectivity index (χ1n) is 19.9. The number of hydrogen-bond acceptors (Lipinski definition) is 8. The third-order valence-electron chi connectivity index (χ3n) is 14.1. The lowest BCUT2D eigenvalue weighted by Crippen LogP contribution is -2.58. The first kappa shape index (κ1) is 39.9. The number of anilines is 1. The first-order valence-corrected chi connectivity index (χ1v) is 19.9. The van der Waals surface area contributed by atoms with Crippen LogP contribution < -0.4 is 10.6 Å². The highest BCUT2D eigenvalue weighted by Gasteiger charge is 2.62. The van der Waals surface area contributed by atoms with Crippen LogP contribution in [0, 0.1) is 46.3 Å². The Morgan fingerprint density at radius 3 is 2.33 bits per heavy atom. The Labute approximate surface area is 318 Å². The quantitative estimate of drug-likeness (QED) is 0.105. The van der Waals surface area contributed by atoms with Gasteiger partial charge in [0.1, 0.15) is 12.6 Å². The molecule has 2 aromatic carbocycles. The zero-order valence-corrected chi connectivity index (χ0v) is 31.9. The predicted octanol–water partition coefficient (Wildman–Crippen LogP) is 6.67. The monoisotopic (exact) mass is 746 g/mol. The van der Waals surface area contributed by atoms with Crippen molar-refractivity contribution in [1.82, 2.24) is 5.32 Å². The smallest absolute Gasteiger partial charge is 0.364 e. The van der Waals surface area contributed by atoms with E-state index in [1.54, 1.807) is 6.07 Å². The van der Waals surface area contributed by atoms with E-state index in [1.165, 1.54) is 18.2 Å². The molecule has 11 heteroatoms. The molecule has 4 fully saturated rings. The van der Waals surface area contributed by atoms with Crippen LogP contribution in [0.3, 0.4) is 0 Å². The summed E-state index contributed by atoms with van der Waals surface area (Å²) < 4.78 is 0. The van der Waals surface area contributed by atoms with E-state index in [-0.39, 0.29) is 72.2 Å². The van der Waals surface area contributed by atoms with Gasteiger partial charge in [-0.25, -0.2) is 9.59 Å². The highest BCUT2D eigenvalue weighted by atomic mass is 17.2. The van der Waals surface area contributed by atoms with Crippen molar-refractivity contribution in [2.45, 2.75) is 123 Å². The van der Waals surface area contributed by atoms with Crippen LogP contribution in [0.15, 0.2) is 54.6 Å². The Kier molecular flexibility index (Phi) is 12.5. The number of rotatable bonds is 14. The molecule has 6 rings (SSSR count). The zero-order valence-electron chi connectivity index (χ0n) is 31.9. The molecule has 54 heavy (non-hydrogen) atoms. The topological polar surface area (TPSA) is 171 Å². The number of aliphatic hydroxyl groups is 2. The molecule has 0 aromatic heterocycles. The number of aromatic carboxylic acids is 1. The van der Waals surface area contributed by atoms with Crippen molar-refractivity contribution in [1.29, 1.82) is 0 Å². The standard InChI is InChI=1S/C43H58N2O9/c1-26(32-13-14-33-39-34(19-21-43(32,33)3)42(2)20-18-31(46)23-29(42)24-36(39)47)12-16-38(49)45-35(41(52)54-53-25-27-8-5-4-6-9-27)15-17-37(48)44-30-11-7-10-28(22-30)40(50)51/h4-11,22,26,29,31-36,39,46-47H,12-21,23-25H2,1-3H3,(H,44,48)(H,45,49)(H,50,51). The Hall–Kier alpha value is -3.80. The number of aliphatic hydroxyl groups excluding tert-OH is 2. The average Bonchev–Trinajstić information content (AvgIpc) is 3.50. The maximum atomic E-state index is 13.4. The van der Waals surface area contributed by atoms with Gasteiger partial charge in [-0.2, -0.15) is 4.89 Å². The molecule has 0 aliphatic heterocycles. The largest absolute Gasteiger partial charge is 0.478 e. The molecule has 294 valence electrons. The summed E-state index contributed by atoms with van der Waals surface area (Å²) in [5.74, 6) is -0.471. The number of hydrogen-bond donors (Lipinski definition) is 5. The summed E-state index contributed by atoms with van der Waals surface area (Å²) in [5.41, 5.74) is 1.38. The van der Waals surface area contributed by atoms with E-state index in [1.807, 2.05) is 30.3 Å². The normalized spacial score (nSPS) is 32.6. The fraction of sp³-hybridized carbons (Fsp3) is 0.628. The second-order valence-electron chi connectivity index (χ2n) is 17.2. The highest BCUT2D eigenvalue weighted by Crippen LogP contribution is 2.68. The van der Waals surface area contributed by atoms with Gasteiger partial charge in [0.2, 0.25) is 11.8 Å². The van der Waals surface area contributed by atoms with E-state index >= 15 is 0 Å². The fourth-order valence-electron chi connectivity index (χ4n) is 11.3. The summed E-state index contributed by atoms with van der Waals surface area (Å²) in [4.78, 5) is 61.1. The molecule has 4 aliphatic carbocycles. The van der Waals surface area contributed by atoms with Gasteiger partial charge in [-0.15, -0.1) is 0 Å². The molecule has 0 spiro atoms. The van der Waals surface area contributed by atoms with Crippen molar-refractivity contribution in [2.75, 3.05) is 5.32 Å². The number of carboxylic acids is 1. The molecule has 0 bridgehead atoms. The number of carbonyl (C=O) groups is 4. The second kappa shape index (κ2) is 16.9.